The molecule has 0 spiro atoms. The lowest BCUT2D eigenvalue weighted by molar-refractivity contribution is -0.146. The maximum absolute atomic E-state index is 11.4. The van der Waals surface area contributed by atoms with Gasteiger partial charge in [-0.15, -0.1) is 0 Å². The fourth-order valence-corrected chi connectivity index (χ4v) is 2.66. The Bertz CT molecular complexity index is 574. The van der Waals surface area contributed by atoms with E-state index in [1.807, 2.05) is 13.8 Å². The molecule has 0 bridgehead atoms. The van der Waals surface area contributed by atoms with Gasteiger partial charge in [-0.2, -0.15) is 0 Å². The van der Waals surface area contributed by atoms with Crippen LogP contribution in [0.3, 0.4) is 0 Å². The van der Waals surface area contributed by atoms with Crippen LogP contribution in [-0.2, 0) is 16.0 Å². The van der Waals surface area contributed by atoms with E-state index in [4.69, 9.17) is 4.74 Å². The molecule has 2 N–H and O–H groups in total. The highest BCUT2D eigenvalue weighted by atomic mass is 16.6. The summed E-state index contributed by atoms with van der Waals surface area (Å²) >= 11 is 0. The van der Waals surface area contributed by atoms with Crippen molar-refractivity contribution in [2.45, 2.75) is 39.2 Å². The summed E-state index contributed by atoms with van der Waals surface area (Å²) in [4.78, 5) is 22.6. The van der Waals surface area contributed by atoms with Crippen molar-refractivity contribution in [1.29, 1.82) is 0 Å². The average molecular weight is 278 g/mol. The number of hydrogen-bond acceptors (Lipinski definition) is 5. The first-order chi connectivity index (χ1) is 9.26. The second kappa shape index (κ2) is 4.81. The molecule has 1 saturated heterocycles. The van der Waals surface area contributed by atoms with E-state index in [1.165, 1.54) is 6.07 Å². The highest BCUT2D eigenvalue weighted by Crippen LogP contribution is 2.39. The number of phenols is 2. The molecule has 1 aliphatic heterocycles. The van der Waals surface area contributed by atoms with Crippen molar-refractivity contribution in [2.24, 2.45) is 5.92 Å². The minimum absolute atomic E-state index is 0.0728. The van der Waals surface area contributed by atoms with E-state index < -0.39 is 5.60 Å². The molecule has 1 atom stereocenters. The summed E-state index contributed by atoms with van der Waals surface area (Å²) in [7, 11) is 0. The zero-order valence-electron chi connectivity index (χ0n) is 11.8. The Hall–Kier alpha value is -2.04. The SMILES string of the molecule is Cc1c(O)c(O)cc(C=O)c1C[C@@H]1CC(=O)OC1(C)C. The van der Waals surface area contributed by atoms with Gasteiger partial charge in [0.1, 0.15) is 11.9 Å². The van der Waals surface area contributed by atoms with Crippen molar-refractivity contribution >= 4 is 12.3 Å². The molecule has 20 heavy (non-hydrogen) atoms. The number of phenolic OH excluding ortho intramolecular Hbond substituents is 2. The van der Waals surface area contributed by atoms with Crippen LogP contribution in [0.4, 0.5) is 0 Å². The number of carbonyl (C=O) groups excluding carboxylic acids is 2. The molecule has 1 aromatic rings. The van der Waals surface area contributed by atoms with Crippen LogP contribution in [0, 0.1) is 12.8 Å². The maximum atomic E-state index is 11.4. The number of aromatic hydroxyl groups is 2. The van der Waals surface area contributed by atoms with Crippen molar-refractivity contribution in [3.63, 3.8) is 0 Å². The van der Waals surface area contributed by atoms with Crippen molar-refractivity contribution in [3.05, 3.63) is 22.8 Å². The van der Waals surface area contributed by atoms with E-state index in [2.05, 4.69) is 0 Å². The van der Waals surface area contributed by atoms with Crippen LogP contribution in [0.2, 0.25) is 0 Å². The minimum Gasteiger partial charge on any atom is -0.504 e. The zero-order valence-corrected chi connectivity index (χ0v) is 11.8. The number of cyclic esters (lactones) is 1. The normalized spacial score (nSPS) is 20.8. The first-order valence-corrected chi connectivity index (χ1v) is 6.47. The third kappa shape index (κ3) is 2.35. The van der Waals surface area contributed by atoms with E-state index in [1.54, 1.807) is 6.92 Å². The first kappa shape index (κ1) is 14.4. The van der Waals surface area contributed by atoms with Gasteiger partial charge in [0.25, 0.3) is 0 Å². The Morgan fingerprint density at radius 3 is 2.60 bits per heavy atom. The van der Waals surface area contributed by atoms with E-state index in [-0.39, 0.29) is 29.8 Å². The Balaban J connectivity index is 2.41. The number of aldehydes is 1. The largest absolute Gasteiger partial charge is 0.504 e. The van der Waals surface area contributed by atoms with E-state index >= 15 is 0 Å². The summed E-state index contributed by atoms with van der Waals surface area (Å²) in [6, 6.07) is 1.25. The summed E-state index contributed by atoms with van der Waals surface area (Å²) < 4.78 is 5.26. The molecular formula is C15H18O5. The number of carbonyl (C=O) groups is 2. The fraction of sp³-hybridized carbons (Fsp3) is 0.467. The second-order valence-electron chi connectivity index (χ2n) is 5.74. The molecule has 1 heterocycles. The molecule has 108 valence electrons. The van der Waals surface area contributed by atoms with Gasteiger partial charge in [0.05, 0.1) is 6.42 Å². The molecule has 5 heteroatoms. The smallest absolute Gasteiger partial charge is 0.306 e. The topological polar surface area (TPSA) is 83.8 Å². The van der Waals surface area contributed by atoms with Crippen molar-refractivity contribution in [3.8, 4) is 11.5 Å². The Labute approximate surface area is 117 Å². The molecule has 0 aromatic heterocycles. The molecule has 1 aromatic carbocycles. The van der Waals surface area contributed by atoms with Gasteiger partial charge < -0.3 is 14.9 Å². The molecule has 5 nitrogen and oxygen atoms in total. The lowest BCUT2D eigenvalue weighted by atomic mass is 9.82. The van der Waals surface area contributed by atoms with Crippen molar-refractivity contribution < 1.29 is 24.5 Å². The molecule has 0 unspecified atom stereocenters. The van der Waals surface area contributed by atoms with Crippen LogP contribution >= 0.6 is 0 Å². The second-order valence-corrected chi connectivity index (χ2v) is 5.74. The Morgan fingerprint density at radius 1 is 1.45 bits per heavy atom. The first-order valence-electron chi connectivity index (χ1n) is 6.47. The van der Waals surface area contributed by atoms with Gasteiger partial charge in [-0.25, -0.2) is 0 Å². The minimum atomic E-state index is -0.600. The molecule has 0 radical (unpaired) electrons. The number of ether oxygens (including phenoxy) is 1. The number of hydrogen-bond donors (Lipinski definition) is 2. The van der Waals surface area contributed by atoms with Gasteiger partial charge in [0.2, 0.25) is 0 Å². The van der Waals surface area contributed by atoms with Crippen LogP contribution in [0.25, 0.3) is 0 Å². The predicted molar refractivity (Wildman–Crippen MR) is 71.9 cm³/mol. The van der Waals surface area contributed by atoms with Crippen molar-refractivity contribution in [2.75, 3.05) is 0 Å². The highest BCUT2D eigenvalue weighted by Gasteiger charge is 2.42. The summed E-state index contributed by atoms with van der Waals surface area (Å²) in [5.41, 5.74) is 0.832. The van der Waals surface area contributed by atoms with E-state index in [0.717, 1.165) is 0 Å². The van der Waals surface area contributed by atoms with Gasteiger partial charge in [0, 0.05) is 11.5 Å². The van der Waals surface area contributed by atoms with Gasteiger partial charge in [0.15, 0.2) is 11.5 Å². The Kier molecular flexibility index (Phi) is 3.46. The average Bonchev–Trinajstić information content (AvgIpc) is 2.62. The maximum Gasteiger partial charge on any atom is 0.306 e. The number of esters is 1. The third-order valence-corrected chi connectivity index (χ3v) is 4.04. The van der Waals surface area contributed by atoms with Gasteiger partial charge >= 0.3 is 5.97 Å². The number of rotatable bonds is 3. The Morgan fingerprint density at radius 2 is 2.10 bits per heavy atom. The summed E-state index contributed by atoms with van der Waals surface area (Å²) in [5, 5.41) is 19.4. The summed E-state index contributed by atoms with van der Waals surface area (Å²) in [6.45, 7) is 5.31. The van der Waals surface area contributed by atoms with Gasteiger partial charge in [-0.3, -0.25) is 9.59 Å². The van der Waals surface area contributed by atoms with Gasteiger partial charge in [-0.1, -0.05) is 0 Å². The van der Waals surface area contributed by atoms with Crippen LogP contribution < -0.4 is 0 Å². The highest BCUT2D eigenvalue weighted by molar-refractivity contribution is 5.80. The quantitative estimate of drug-likeness (QED) is 0.502. The standard InChI is InChI=1S/C15H18O5/c1-8-11(9(7-16)4-12(17)14(8)19)5-10-6-13(18)20-15(10,2)3/h4,7,10,17,19H,5-6H2,1-3H3/t10-/m1/s1. The molecule has 0 aliphatic carbocycles. The molecule has 0 saturated carbocycles. The molecular weight excluding hydrogens is 260 g/mol. The molecule has 0 amide bonds. The summed E-state index contributed by atoms with van der Waals surface area (Å²) in [6.07, 6.45) is 1.37. The zero-order chi connectivity index (χ0) is 15.1. The van der Waals surface area contributed by atoms with Crippen molar-refractivity contribution in [1.82, 2.24) is 0 Å². The monoisotopic (exact) mass is 278 g/mol. The molecule has 1 aliphatic rings. The lowest BCUT2D eigenvalue weighted by Gasteiger charge is -2.26. The predicted octanol–water partition coefficient (Wildman–Crippen LogP) is 2.10. The lowest BCUT2D eigenvalue weighted by Crippen LogP contribution is -2.29. The summed E-state index contributed by atoms with van der Waals surface area (Å²) in [5.74, 6) is -0.871. The van der Waals surface area contributed by atoms with Crippen LogP contribution in [0.1, 0.15) is 41.8 Å². The molecule has 1 fully saturated rings. The third-order valence-electron chi connectivity index (χ3n) is 4.04. The van der Waals surface area contributed by atoms with Gasteiger partial charge in [-0.05, 0) is 44.4 Å². The van der Waals surface area contributed by atoms with Crippen LogP contribution in [0.15, 0.2) is 6.07 Å². The van der Waals surface area contributed by atoms with E-state index in [9.17, 15) is 19.8 Å². The van der Waals surface area contributed by atoms with Crippen LogP contribution in [0.5, 0.6) is 11.5 Å². The van der Waals surface area contributed by atoms with E-state index in [0.29, 0.717) is 29.4 Å². The van der Waals surface area contributed by atoms with Crippen LogP contribution in [-0.4, -0.2) is 28.1 Å². The fourth-order valence-electron chi connectivity index (χ4n) is 2.66. The number of benzene rings is 1. The molecule has 2 rings (SSSR count).